The molecule has 0 amide bonds. The van der Waals surface area contributed by atoms with Crippen LogP contribution in [0, 0.1) is 23.7 Å². The van der Waals surface area contributed by atoms with E-state index in [1.165, 1.54) is 43.7 Å². The number of methoxy groups -OCH3 is 1. The lowest BCUT2D eigenvalue weighted by molar-refractivity contribution is -0.154. The highest BCUT2D eigenvalue weighted by Crippen LogP contribution is 2.43. The van der Waals surface area contributed by atoms with Gasteiger partial charge in [0.25, 0.3) is 0 Å². The van der Waals surface area contributed by atoms with Crippen molar-refractivity contribution in [2.24, 2.45) is 33.9 Å². The first-order chi connectivity index (χ1) is 16.1. The number of aromatic nitrogens is 1. The molecule has 33 heavy (non-hydrogen) atoms. The fourth-order valence-corrected chi connectivity index (χ4v) is 6.56. The Balaban J connectivity index is 1.63. The highest BCUT2D eigenvalue weighted by molar-refractivity contribution is 6.06. The van der Waals surface area contributed by atoms with E-state index >= 15 is 0 Å². The van der Waals surface area contributed by atoms with Crippen LogP contribution in [0.3, 0.4) is 0 Å². The minimum atomic E-state index is -0.162. The normalized spacial score (nSPS) is 30.0. The number of hydrogen-bond donors (Lipinski definition) is 1. The smallest absolute Gasteiger partial charge is 0.310 e. The van der Waals surface area contributed by atoms with Crippen LogP contribution in [0.25, 0.3) is 10.9 Å². The first kappa shape index (κ1) is 22.3. The molecule has 2 heterocycles. The minimum Gasteiger partial charge on any atom is -0.469 e. The number of carbonyl (C=O) groups is 1. The molecule has 1 saturated carbocycles. The van der Waals surface area contributed by atoms with E-state index in [-0.39, 0.29) is 23.8 Å². The fraction of sp³-hybridized carbons (Fsp3) is 0.593. The SMILES string of the molecule is CC[C@H]1CN(C)[C@H]2Cc3c([nH]c4ccccc34)/C(=N/N=C\C3CCCC3)C[C@H]1[C@H]2C(=O)OC. The summed E-state index contributed by atoms with van der Waals surface area (Å²) in [4.78, 5) is 19.2. The molecule has 6 nitrogen and oxygen atoms in total. The van der Waals surface area contributed by atoms with Gasteiger partial charge in [0.05, 0.1) is 24.4 Å². The molecule has 1 saturated heterocycles. The highest BCUT2D eigenvalue weighted by atomic mass is 16.5. The van der Waals surface area contributed by atoms with E-state index in [1.807, 2.05) is 6.21 Å². The lowest BCUT2D eigenvalue weighted by Crippen LogP contribution is -2.56. The summed E-state index contributed by atoms with van der Waals surface area (Å²) in [5, 5.41) is 10.6. The lowest BCUT2D eigenvalue weighted by Gasteiger charge is -2.48. The van der Waals surface area contributed by atoms with E-state index in [9.17, 15) is 4.79 Å². The molecule has 5 rings (SSSR count). The first-order valence-corrected chi connectivity index (χ1v) is 12.6. The van der Waals surface area contributed by atoms with Crippen molar-refractivity contribution in [1.29, 1.82) is 0 Å². The Morgan fingerprint density at radius 2 is 2.03 bits per heavy atom. The van der Waals surface area contributed by atoms with Crippen LogP contribution < -0.4 is 0 Å². The van der Waals surface area contributed by atoms with E-state index in [0.717, 1.165) is 42.7 Å². The zero-order chi connectivity index (χ0) is 22.9. The average molecular weight is 449 g/mol. The van der Waals surface area contributed by atoms with E-state index in [2.05, 4.69) is 53.2 Å². The number of H-pyrrole nitrogens is 1. The van der Waals surface area contributed by atoms with Gasteiger partial charge in [-0.2, -0.15) is 10.2 Å². The number of hydrogen-bond acceptors (Lipinski definition) is 5. The molecule has 176 valence electrons. The topological polar surface area (TPSA) is 70.0 Å². The second-order valence-corrected chi connectivity index (χ2v) is 10.2. The van der Waals surface area contributed by atoms with Crippen molar-refractivity contribution < 1.29 is 9.53 Å². The number of piperidine rings is 1. The molecule has 3 aliphatic rings. The quantitative estimate of drug-likeness (QED) is 0.414. The second kappa shape index (κ2) is 9.41. The third-order valence-corrected chi connectivity index (χ3v) is 8.37. The van der Waals surface area contributed by atoms with Crippen LogP contribution in [-0.2, 0) is 16.0 Å². The van der Waals surface area contributed by atoms with Crippen LogP contribution >= 0.6 is 0 Å². The molecule has 1 aromatic carbocycles. The van der Waals surface area contributed by atoms with Gasteiger partial charge in [-0.25, -0.2) is 0 Å². The summed E-state index contributed by atoms with van der Waals surface area (Å²) in [6, 6.07) is 8.57. The molecular weight excluding hydrogens is 412 g/mol. The predicted octanol–water partition coefficient (Wildman–Crippen LogP) is 4.82. The molecule has 2 aliphatic carbocycles. The van der Waals surface area contributed by atoms with Crippen molar-refractivity contribution >= 4 is 28.8 Å². The molecule has 0 unspecified atom stereocenters. The summed E-state index contributed by atoms with van der Waals surface area (Å²) in [5.41, 5.74) is 4.45. The Hall–Kier alpha value is -2.47. The summed E-state index contributed by atoms with van der Waals surface area (Å²) in [6.45, 7) is 3.23. The monoisotopic (exact) mass is 448 g/mol. The molecule has 6 heteroatoms. The molecule has 4 atom stereocenters. The standard InChI is InChI=1S/C27H36N4O2/c1-4-18-16-31(2)24-14-21-19-11-7-8-12-22(19)29-26(21)23(13-20(18)25(24)27(32)33-3)30-28-15-17-9-5-6-10-17/h7-8,11-12,15,17-18,20,24-25,29H,4-6,9-10,13-14,16H2,1-3H3/b28-15-,30-23+/t18-,20+,24-,25+/m0/s1. The maximum absolute atomic E-state index is 13.1. The number of nitrogens with one attached hydrogen (secondary N) is 1. The predicted molar refractivity (Wildman–Crippen MR) is 133 cm³/mol. The van der Waals surface area contributed by atoms with E-state index < -0.39 is 0 Å². The Morgan fingerprint density at radius 1 is 1.24 bits per heavy atom. The number of likely N-dealkylation sites (tertiary alicyclic amines) is 1. The van der Waals surface area contributed by atoms with E-state index in [1.54, 1.807) is 0 Å². The summed E-state index contributed by atoms with van der Waals surface area (Å²) < 4.78 is 5.36. The summed E-state index contributed by atoms with van der Waals surface area (Å²) in [6.07, 6.45) is 9.63. The number of benzene rings is 1. The van der Waals surface area contributed by atoms with Gasteiger partial charge in [-0.05, 0) is 62.1 Å². The number of fused-ring (bicyclic) bond motifs is 5. The molecule has 2 bridgehead atoms. The minimum absolute atomic E-state index is 0.0906. The summed E-state index contributed by atoms with van der Waals surface area (Å²) in [5.74, 6) is 0.912. The van der Waals surface area contributed by atoms with Crippen molar-refractivity contribution in [3.63, 3.8) is 0 Å². The molecule has 1 N–H and O–H groups in total. The van der Waals surface area contributed by atoms with Gasteiger partial charge in [-0.3, -0.25) is 4.79 Å². The molecule has 1 aromatic heterocycles. The van der Waals surface area contributed by atoms with Crippen molar-refractivity contribution in [3.8, 4) is 0 Å². The summed E-state index contributed by atoms with van der Waals surface area (Å²) in [7, 11) is 3.69. The maximum atomic E-state index is 13.1. The zero-order valence-corrected chi connectivity index (χ0v) is 20.1. The van der Waals surface area contributed by atoms with E-state index in [0.29, 0.717) is 11.8 Å². The number of nitrogens with zero attached hydrogens (tertiary/aromatic N) is 3. The van der Waals surface area contributed by atoms with E-state index in [4.69, 9.17) is 9.84 Å². The second-order valence-electron chi connectivity index (χ2n) is 10.2. The highest BCUT2D eigenvalue weighted by Gasteiger charge is 2.48. The van der Waals surface area contributed by atoms with Crippen molar-refractivity contribution in [2.75, 3.05) is 20.7 Å². The molecule has 2 aromatic rings. The molecule has 0 spiro atoms. The van der Waals surface area contributed by atoms with Crippen molar-refractivity contribution in [1.82, 2.24) is 9.88 Å². The van der Waals surface area contributed by atoms with Gasteiger partial charge in [0.2, 0.25) is 0 Å². The van der Waals surface area contributed by atoms with Crippen molar-refractivity contribution in [2.45, 2.75) is 57.9 Å². The Bertz CT molecular complexity index is 1070. The van der Waals surface area contributed by atoms with Crippen LogP contribution in [0.2, 0.25) is 0 Å². The zero-order valence-electron chi connectivity index (χ0n) is 20.1. The molecule has 0 radical (unpaired) electrons. The van der Waals surface area contributed by atoms with Crippen molar-refractivity contribution in [3.05, 3.63) is 35.5 Å². The number of carbonyl (C=O) groups excluding carboxylic acids is 1. The van der Waals surface area contributed by atoms with Crippen LogP contribution in [0.15, 0.2) is 34.5 Å². The van der Waals surface area contributed by atoms with Crippen LogP contribution in [-0.4, -0.2) is 54.5 Å². The van der Waals surface area contributed by atoms with Crippen LogP contribution in [0.5, 0.6) is 0 Å². The van der Waals surface area contributed by atoms with Gasteiger partial charge in [0, 0.05) is 29.7 Å². The third-order valence-electron chi connectivity index (χ3n) is 8.37. The molecule has 1 aliphatic heterocycles. The fourth-order valence-electron chi connectivity index (χ4n) is 6.56. The van der Waals surface area contributed by atoms with Gasteiger partial charge in [-0.1, -0.05) is 44.4 Å². The van der Waals surface area contributed by atoms with Gasteiger partial charge in [0.15, 0.2) is 0 Å². The largest absolute Gasteiger partial charge is 0.469 e. The van der Waals surface area contributed by atoms with Crippen LogP contribution in [0.1, 0.15) is 56.7 Å². The summed E-state index contributed by atoms with van der Waals surface area (Å²) >= 11 is 0. The Morgan fingerprint density at radius 3 is 2.79 bits per heavy atom. The Kier molecular flexibility index (Phi) is 6.37. The van der Waals surface area contributed by atoms with Gasteiger partial charge < -0.3 is 14.6 Å². The molecular formula is C27H36N4O2. The van der Waals surface area contributed by atoms with Gasteiger partial charge in [-0.15, -0.1) is 0 Å². The molecule has 2 fully saturated rings. The number of rotatable bonds is 4. The Labute approximate surface area is 196 Å². The van der Waals surface area contributed by atoms with Crippen LogP contribution in [0.4, 0.5) is 0 Å². The third kappa shape index (κ3) is 4.14. The number of esters is 1. The number of likely N-dealkylation sites (N-methyl/N-ethyl adjacent to an activating group) is 1. The number of para-hydroxylation sites is 1. The maximum Gasteiger partial charge on any atom is 0.310 e. The average Bonchev–Trinajstić information content (AvgIpc) is 3.46. The number of aromatic amines is 1. The number of ether oxygens (including phenoxy) is 1. The first-order valence-electron chi connectivity index (χ1n) is 12.6. The lowest BCUT2D eigenvalue weighted by atomic mass is 9.67. The van der Waals surface area contributed by atoms with Gasteiger partial charge in [0.1, 0.15) is 0 Å². The van der Waals surface area contributed by atoms with Gasteiger partial charge >= 0.3 is 5.97 Å².